The first-order chi connectivity index (χ1) is 8.97. The Bertz CT molecular complexity index is 606. The van der Waals surface area contributed by atoms with E-state index in [0.29, 0.717) is 18.0 Å². The summed E-state index contributed by atoms with van der Waals surface area (Å²) in [4.78, 5) is 0. The summed E-state index contributed by atoms with van der Waals surface area (Å²) in [6.45, 7) is 6.36. The highest BCUT2D eigenvalue weighted by Crippen LogP contribution is 2.26. The zero-order chi connectivity index (χ0) is 14.0. The van der Waals surface area contributed by atoms with E-state index in [2.05, 4.69) is 5.32 Å². The number of nitrogens with one attached hydrogen (secondary N) is 1. The Kier molecular flexibility index (Phi) is 3.65. The predicted molar refractivity (Wildman–Crippen MR) is 77.8 cm³/mol. The van der Waals surface area contributed by atoms with E-state index >= 15 is 0 Å². The van der Waals surface area contributed by atoms with Crippen LogP contribution in [0.3, 0.4) is 0 Å². The summed E-state index contributed by atoms with van der Waals surface area (Å²) < 4.78 is 0. The lowest BCUT2D eigenvalue weighted by molar-refractivity contribution is 0.468. The van der Waals surface area contributed by atoms with E-state index in [1.165, 1.54) is 0 Å². The summed E-state index contributed by atoms with van der Waals surface area (Å²) in [7, 11) is 0. The highest BCUT2D eigenvalue weighted by atomic mass is 16.3. The third kappa shape index (κ3) is 2.99. The van der Waals surface area contributed by atoms with Crippen LogP contribution >= 0.6 is 0 Å². The number of benzene rings is 2. The van der Waals surface area contributed by atoms with Gasteiger partial charge in [-0.25, -0.2) is 0 Å². The second-order valence-corrected chi connectivity index (χ2v) is 4.94. The van der Waals surface area contributed by atoms with Crippen LogP contribution in [0.2, 0.25) is 0 Å². The summed E-state index contributed by atoms with van der Waals surface area (Å²) in [6, 6.07) is 9.21. The van der Waals surface area contributed by atoms with Crippen LogP contribution in [0.5, 0.6) is 11.5 Å². The largest absolute Gasteiger partial charge is 0.508 e. The van der Waals surface area contributed by atoms with Gasteiger partial charge in [0.05, 0.1) is 0 Å². The zero-order valence-corrected chi connectivity index (χ0v) is 11.5. The Morgan fingerprint density at radius 3 is 2.37 bits per heavy atom. The van der Waals surface area contributed by atoms with Crippen molar-refractivity contribution in [3.05, 3.63) is 52.6 Å². The number of aromatic hydroxyl groups is 2. The fraction of sp³-hybridized carbons (Fsp3) is 0.250. The van der Waals surface area contributed by atoms with E-state index in [0.717, 1.165) is 27.9 Å². The second-order valence-electron chi connectivity index (χ2n) is 4.94. The molecular formula is C16H19NO2. The molecule has 0 aliphatic heterocycles. The molecule has 3 nitrogen and oxygen atoms in total. The molecule has 3 N–H and O–H groups in total. The van der Waals surface area contributed by atoms with Gasteiger partial charge < -0.3 is 15.5 Å². The minimum atomic E-state index is 0.297. The van der Waals surface area contributed by atoms with Crippen molar-refractivity contribution in [3.63, 3.8) is 0 Å². The fourth-order valence-electron chi connectivity index (χ4n) is 2.04. The van der Waals surface area contributed by atoms with Gasteiger partial charge in [0.15, 0.2) is 0 Å². The predicted octanol–water partition coefficient (Wildman–Crippen LogP) is 3.64. The minimum absolute atomic E-state index is 0.297. The van der Waals surface area contributed by atoms with Gasteiger partial charge in [-0.05, 0) is 50.1 Å². The van der Waals surface area contributed by atoms with E-state index < -0.39 is 0 Å². The fourth-order valence-corrected chi connectivity index (χ4v) is 2.04. The van der Waals surface area contributed by atoms with Crippen molar-refractivity contribution in [2.24, 2.45) is 0 Å². The third-order valence-corrected chi connectivity index (χ3v) is 3.25. The third-order valence-electron chi connectivity index (χ3n) is 3.25. The number of hydrogen-bond donors (Lipinski definition) is 3. The average Bonchev–Trinajstić information content (AvgIpc) is 2.36. The molecule has 0 radical (unpaired) electrons. The average molecular weight is 257 g/mol. The number of rotatable bonds is 3. The molecule has 19 heavy (non-hydrogen) atoms. The normalized spacial score (nSPS) is 10.5. The molecule has 2 aromatic carbocycles. The van der Waals surface area contributed by atoms with Crippen LogP contribution in [0.4, 0.5) is 5.69 Å². The molecule has 0 saturated heterocycles. The Morgan fingerprint density at radius 1 is 0.895 bits per heavy atom. The van der Waals surface area contributed by atoms with E-state index in [1.54, 1.807) is 12.1 Å². The lowest BCUT2D eigenvalue weighted by Crippen LogP contribution is -2.02. The van der Waals surface area contributed by atoms with Crippen molar-refractivity contribution in [3.8, 4) is 11.5 Å². The quantitative estimate of drug-likeness (QED) is 0.736. The van der Waals surface area contributed by atoms with Crippen LogP contribution in [0, 0.1) is 20.8 Å². The van der Waals surface area contributed by atoms with Crippen molar-refractivity contribution in [2.75, 3.05) is 5.32 Å². The summed E-state index contributed by atoms with van der Waals surface area (Å²) in [6.07, 6.45) is 0. The van der Waals surface area contributed by atoms with Crippen molar-refractivity contribution in [1.29, 1.82) is 0 Å². The van der Waals surface area contributed by atoms with Gasteiger partial charge in [0.25, 0.3) is 0 Å². The summed E-state index contributed by atoms with van der Waals surface area (Å²) in [5.41, 5.74) is 4.77. The molecular weight excluding hydrogens is 238 g/mol. The van der Waals surface area contributed by atoms with Crippen LogP contribution < -0.4 is 5.32 Å². The maximum atomic E-state index is 9.80. The van der Waals surface area contributed by atoms with Crippen LogP contribution in [-0.4, -0.2) is 10.2 Å². The van der Waals surface area contributed by atoms with Gasteiger partial charge >= 0.3 is 0 Å². The molecule has 3 heteroatoms. The summed E-state index contributed by atoms with van der Waals surface area (Å²) in [5.74, 6) is 0.604. The first-order valence-corrected chi connectivity index (χ1v) is 6.30. The number of phenolic OH excluding ortho intramolecular Hbond substituents is 2. The molecule has 0 aliphatic rings. The second kappa shape index (κ2) is 5.22. The number of anilines is 1. The van der Waals surface area contributed by atoms with Gasteiger partial charge in [0.2, 0.25) is 0 Å². The van der Waals surface area contributed by atoms with E-state index in [-0.39, 0.29) is 0 Å². The van der Waals surface area contributed by atoms with Crippen molar-refractivity contribution in [2.45, 2.75) is 27.3 Å². The van der Waals surface area contributed by atoms with Gasteiger partial charge in [-0.15, -0.1) is 0 Å². The van der Waals surface area contributed by atoms with Gasteiger partial charge in [-0.1, -0.05) is 17.7 Å². The number of phenols is 2. The maximum Gasteiger partial charge on any atom is 0.120 e. The highest BCUT2D eigenvalue weighted by molar-refractivity contribution is 5.57. The molecule has 0 spiro atoms. The number of hydrogen-bond acceptors (Lipinski definition) is 3. The lowest BCUT2D eigenvalue weighted by atomic mass is 10.1. The van der Waals surface area contributed by atoms with Crippen LogP contribution in [0.25, 0.3) is 0 Å². The molecule has 0 heterocycles. The molecule has 0 bridgehead atoms. The monoisotopic (exact) mass is 257 g/mol. The first-order valence-electron chi connectivity index (χ1n) is 6.30. The molecule has 2 aromatic rings. The van der Waals surface area contributed by atoms with Crippen molar-refractivity contribution in [1.82, 2.24) is 0 Å². The van der Waals surface area contributed by atoms with Crippen molar-refractivity contribution < 1.29 is 10.2 Å². The van der Waals surface area contributed by atoms with Gasteiger partial charge in [-0.3, -0.25) is 0 Å². The first kappa shape index (κ1) is 13.3. The lowest BCUT2D eigenvalue weighted by Gasteiger charge is -2.13. The number of aryl methyl sites for hydroxylation is 3. The topological polar surface area (TPSA) is 52.5 Å². The van der Waals surface area contributed by atoms with E-state index in [9.17, 15) is 10.2 Å². The molecule has 0 saturated carbocycles. The van der Waals surface area contributed by atoms with Gasteiger partial charge in [0.1, 0.15) is 11.5 Å². The van der Waals surface area contributed by atoms with Gasteiger partial charge in [-0.2, -0.15) is 0 Å². The molecule has 0 fully saturated rings. The Hall–Kier alpha value is -2.16. The molecule has 0 unspecified atom stereocenters. The van der Waals surface area contributed by atoms with E-state index in [4.69, 9.17) is 0 Å². The highest BCUT2D eigenvalue weighted by Gasteiger charge is 2.05. The SMILES string of the molecule is Cc1ccc(O)c(CNc2cc(C)c(O)cc2C)c1. The molecule has 100 valence electrons. The maximum absolute atomic E-state index is 9.80. The zero-order valence-electron chi connectivity index (χ0n) is 11.5. The molecule has 0 aliphatic carbocycles. The molecule has 0 amide bonds. The summed E-state index contributed by atoms with van der Waals surface area (Å²) >= 11 is 0. The van der Waals surface area contributed by atoms with Crippen LogP contribution in [0.1, 0.15) is 22.3 Å². The smallest absolute Gasteiger partial charge is 0.120 e. The summed E-state index contributed by atoms with van der Waals surface area (Å²) in [5, 5.41) is 22.7. The van der Waals surface area contributed by atoms with Crippen LogP contribution in [-0.2, 0) is 6.54 Å². The molecule has 2 rings (SSSR count). The van der Waals surface area contributed by atoms with Gasteiger partial charge in [0, 0.05) is 17.8 Å². The molecule has 0 aromatic heterocycles. The van der Waals surface area contributed by atoms with Crippen LogP contribution in [0.15, 0.2) is 30.3 Å². The Balaban J connectivity index is 2.19. The van der Waals surface area contributed by atoms with Crippen molar-refractivity contribution >= 4 is 5.69 Å². The Morgan fingerprint density at radius 2 is 1.63 bits per heavy atom. The molecule has 0 atom stereocenters. The Labute approximate surface area is 113 Å². The van der Waals surface area contributed by atoms with E-state index in [1.807, 2.05) is 39.0 Å². The standard InChI is InChI=1S/C16H19NO2/c1-10-4-5-15(18)13(6-10)9-17-14-7-12(3)16(19)8-11(14)2/h4-8,17-19H,9H2,1-3H3. The minimum Gasteiger partial charge on any atom is -0.508 e.